The fourth-order valence-electron chi connectivity index (χ4n) is 14.4. The first-order valence-corrected chi connectivity index (χ1v) is 32.6. The van der Waals surface area contributed by atoms with Crippen molar-refractivity contribution in [3.8, 4) is 39.5 Å². The first-order chi connectivity index (χ1) is 47.1. The van der Waals surface area contributed by atoms with Crippen molar-refractivity contribution >= 4 is 64.1 Å². The smallest absolute Gasteiger partial charge is 0.484 e. The Labute approximate surface area is 583 Å². The Bertz CT molecular complexity index is 4120. The highest BCUT2D eigenvalue weighted by molar-refractivity contribution is 9.10. The first kappa shape index (κ1) is 73.5. The summed E-state index contributed by atoms with van der Waals surface area (Å²) >= 11 is 3.47. The summed E-state index contributed by atoms with van der Waals surface area (Å²) in [6.45, 7) is 3.10. The first-order valence-electron chi connectivity index (χ1n) is 31.8. The summed E-state index contributed by atoms with van der Waals surface area (Å²) < 4.78 is 152. The van der Waals surface area contributed by atoms with Gasteiger partial charge in [-0.15, -0.1) is 0 Å². The van der Waals surface area contributed by atoms with Crippen molar-refractivity contribution < 1.29 is 92.4 Å². The maximum absolute atomic E-state index is 13.4. The lowest BCUT2D eigenvalue weighted by atomic mass is 9.74. The van der Waals surface area contributed by atoms with Crippen LogP contribution in [0.5, 0.6) is 17.2 Å². The van der Waals surface area contributed by atoms with Crippen LogP contribution >= 0.6 is 15.9 Å². The molecule has 3 amide bonds. The summed E-state index contributed by atoms with van der Waals surface area (Å²) in [5, 5.41) is 17.2. The van der Waals surface area contributed by atoms with Gasteiger partial charge in [-0.05, 0) is 133 Å². The molecule has 101 heavy (non-hydrogen) atoms. The molecule has 9 aliphatic rings. The second kappa shape index (κ2) is 27.2. The largest absolute Gasteiger partial charge is 0.488 e. The van der Waals surface area contributed by atoms with E-state index in [4.69, 9.17) is 55.7 Å². The average molecular weight is 1480 g/mol. The van der Waals surface area contributed by atoms with Crippen molar-refractivity contribution in [2.45, 2.75) is 117 Å². The standard InChI is InChI=1S/2C23H22F3N3O3.C16H18BrN3O3.C7H6BF3O2.CH4/c2*1-29-19(30)22(28-20(29)27)12-21(8-3-9-31-13-21)32-18-7-6-15(11-17(18)22)14-4-2-5-16(10-14)23(24,25)26;1-20-13(21)16(19-14(20)18)8-15(5-2-6-22-9-15)23-12-4-3-10(17)7-11(12)16;9-7(10,11)5-2-1-3-6(4-5)8(12)13;/h2*2,4-7,10-11H,3,8-9,12-13H2,1H3,(H2,27,28);3-4,7H,2,5-6,8-9H2,1H3,(H2,18,19);1-4,12-13H;1H4/t21-,22+;21-,22-;;;/m10.../s1. The number of halogens is 10. The van der Waals surface area contributed by atoms with E-state index in [0.29, 0.717) is 109 Å². The lowest BCUT2D eigenvalue weighted by molar-refractivity contribution is -0.139. The molecule has 2 unspecified atom stereocenters. The van der Waals surface area contributed by atoms with Gasteiger partial charge in [0.1, 0.15) is 34.1 Å². The molecule has 3 saturated heterocycles. The van der Waals surface area contributed by atoms with Gasteiger partial charge in [-0.1, -0.05) is 84.0 Å². The highest BCUT2D eigenvalue weighted by atomic mass is 79.9. The minimum atomic E-state index is -4.45. The van der Waals surface area contributed by atoms with Gasteiger partial charge in [0.25, 0.3) is 17.7 Å². The van der Waals surface area contributed by atoms with Gasteiger partial charge in [-0.2, -0.15) is 39.5 Å². The molecule has 9 heterocycles. The third-order valence-electron chi connectivity index (χ3n) is 19.3. The molecule has 536 valence electrons. The van der Waals surface area contributed by atoms with Crippen LogP contribution in [0.1, 0.15) is 98.6 Å². The number of carbonyl (C=O) groups excluding carboxylic acids is 3. The van der Waals surface area contributed by atoms with Crippen LogP contribution in [0.4, 0.5) is 39.5 Å². The van der Waals surface area contributed by atoms with E-state index in [2.05, 4.69) is 30.9 Å². The second-order valence-corrected chi connectivity index (χ2v) is 27.1. The van der Waals surface area contributed by atoms with Gasteiger partial charge in [-0.3, -0.25) is 29.1 Å². The summed E-state index contributed by atoms with van der Waals surface area (Å²) in [7, 11) is 2.91. The Morgan fingerprint density at radius 1 is 0.455 bits per heavy atom. The third kappa shape index (κ3) is 14.0. The number of guanidine groups is 3. The second-order valence-electron chi connectivity index (χ2n) is 26.2. The van der Waals surface area contributed by atoms with Crippen LogP contribution < -0.4 is 36.9 Å². The fourth-order valence-corrected chi connectivity index (χ4v) is 14.7. The maximum Gasteiger partial charge on any atom is 0.488 e. The number of nitrogens with zero attached hydrogens (tertiary/aromatic N) is 6. The molecule has 20 nitrogen and oxygen atoms in total. The van der Waals surface area contributed by atoms with Crippen molar-refractivity contribution in [3.05, 3.63) is 165 Å². The molecule has 3 fully saturated rings. The molecule has 6 spiro atoms. The maximum atomic E-state index is 13.4. The van der Waals surface area contributed by atoms with Crippen LogP contribution in [0, 0.1) is 0 Å². The third-order valence-corrected chi connectivity index (χ3v) is 19.8. The monoisotopic (exact) mass is 1480 g/mol. The van der Waals surface area contributed by atoms with Crippen LogP contribution in [-0.2, 0) is 63.7 Å². The minimum absolute atomic E-state index is 0. The number of fused-ring (bicyclic) bond motifs is 6. The van der Waals surface area contributed by atoms with E-state index >= 15 is 0 Å². The number of aliphatic imine (C=N–C) groups is 3. The number of likely N-dealkylation sites (N-methyl/N-ethyl adjacent to an activating group) is 3. The van der Waals surface area contributed by atoms with Crippen molar-refractivity contribution in [1.82, 2.24) is 14.7 Å². The van der Waals surface area contributed by atoms with Crippen molar-refractivity contribution in [2.24, 2.45) is 32.2 Å². The lowest BCUT2D eigenvalue weighted by Crippen LogP contribution is -2.55. The van der Waals surface area contributed by atoms with Crippen LogP contribution in [0.2, 0.25) is 0 Å². The molecular weight excluding hydrogens is 1400 g/mol. The van der Waals surface area contributed by atoms with Crippen LogP contribution in [0.15, 0.2) is 147 Å². The Hall–Kier alpha value is -8.75. The van der Waals surface area contributed by atoms with Gasteiger partial charge in [0.15, 0.2) is 34.5 Å². The average Bonchev–Trinajstić information content (AvgIpc) is 1.66. The Kier molecular flexibility index (Phi) is 19.8. The highest BCUT2D eigenvalue weighted by Gasteiger charge is 2.62. The molecule has 0 bridgehead atoms. The summed E-state index contributed by atoms with van der Waals surface area (Å²) in [6, 6.07) is 29.9. The summed E-state index contributed by atoms with van der Waals surface area (Å²) in [5.41, 5.74) is 13.5. The topological polar surface area (TPSA) is 272 Å². The van der Waals surface area contributed by atoms with Crippen LogP contribution in [-0.4, -0.2) is 145 Å². The van der Waals surface area contributed by atoms with Gasteiger partial charge in [-0.25, -0.2) is 15.0 Å². The van der Waals surface area contributed by atoms with E-state index < -0.39 is 75.8 Å². The molecule has 0 aliphatic carbocycles. The SMILES string of the molecule is C.CN1C(=O)C2(CC3(CCCOC3)Oc3ccc(Br)cc32)N=C1N.CN1C(=O)[C@@]2(C[C@@]3(CCCOC3)Oc3ccc(-c4cccc(C(F)(F)F)c4)cc32)N=C1N.CN1C(=O)[C@@]2(C[C@]3(CCCOC3)Oc3ccc(-c4cccc(C(F)(F)F)c4)cc32)N=C1N.OB(O)c1cccc(C(F)(F)F)c1. The fraction of sp³-hybridized carbons (Fsp3) is 0.400. The quantitative estimate of drug-likeness (QED) is 0.0815. The van der Waals surface area contributed by atoms with E-state index in [1.165, 1.54) is 32.9 Å². The van der Waals surface area contributed by atoms with E-state index in [1.54, 1.807) is 69.7 Å². The molecule has 9 aliphatic heterocycles. The van der Waals surface area contributed by atoms with E-state index in [9.17, 15) is 53.9 Å². The number of amides is 3. The molecule has 15 rings (SSSR count). The molecule has 31 heteroatoms. The molecule has 6 atom stereocenters. The van der Waals surface area contributed by atoms with Crippen LogP contribution in [0.25, 0.3) is 22.3 Å². The number of alkyl halides is 9. The predicted molar refractivity (Wildman–Crippen MR) is 358 cm³/mol. The number of carbonyl (C=O) groups is 3. The van der Waals surface area contributed by atoms with Gasteiger partial charge in [0, 0.05) is 81.4 Å². The number of ether oxygens (including phenoxy) is 6. The van der Waals surface area contributed by atoms with Crippen molar-refractivity contribution in [3.63, 3.8) is 0 Å². The number of benzene rings is 6. The molecule has 6 aromatic rings. The summed E-state index contributed by atoms with van der Waals surface area (Å²) in [6.07, 6.45) is -7.67. The van der Waals surface area contributed by atoms with Gasteiger partial charge >= 0.3 is 25.6 Å². The molecule has 0 aromatic heterocycles. The lowest BCUT2D eigenvalue weighted by Gasteiger charge is -2.46. The van der Waals surface area contributed by atoms with E-state index in [1.807, 2.05) is 18.2 Å². The molecule has 0 saturated carbocycles. The van der Waals surface area contributed by atoms with Crippen molar-refractivity contribution in [2.75, 3.05) is 60.8 Å². The number of rotatable bonds is 3. The zero-order valence-corrected chi connectivity index (χ0v) is 55.7. The van der Waals surface area contributed by atoms with Gasteiger partial charge in [0.05, 0.1) is 36.5 Å². The van der Waals surface area contributed by atoms with Gasteiger partial charge < -0.3 is 55.7 Å². The van der Waals surface area contributed by atoms with Gasteiger partial charge in [0.2, 0.25) is 0 Å². The number of nitrogens with two attached hydrogens (primary N) is 3. The normalized spacial score (nSPS) is 26.3. The Morgan fingerprint density at radius 2 is 0.772 bits per heavy atom. The Morgan fingerprint density at radius 3 is 1.08 bits per heavy atom. The predicted octanol–water partition coefficient (Wildman–Crippen LogP) is 10.2. The van der Waals surface area contributed by atoms with E-state index in [0.717, 1.165) is 78.7 Å². The zero-order chi connectivity index (χ0) is 71.8. The Balaban J connectivity index is 0.000000141. The van der Waals surface area contributed by atoms with E-state index in [-0.39, 0.29) is 61.3 Å². The molecule has 8 N–H and O–H groups in total. The molecule has 6 aromatic carbocycles. The number of hydrogen-bond acceptors (Lipinski definition) is 17. The minimum Gasteiger partial charge on any atom is -0.484 e. The van der Waals surface area contributed by atoms with Crippen LogP contribution in [0.3, 0.4) is 0 Å². The highest BCUT2D eigenvalue weighted by Crippen LogP contribution is 2.56. The summed E-state index contributed by atoms with van der Waals surface area (Å²) in [4.78, 5) is 57.6. The molecular formula is C70H72BBrF9N9O11. The summed E-state index contributed by atoms with van der Waals surface area (Å²) in [5.74, 6) is 1.38. The number of hydrogen-bond donors (Lipinski definition) is 5. The zero-order valence-electron chi connectivity index (χ0n) is 54.1. The van der Waals surface area contributed by atoms with Crippen molar-refractivity contribution in [1.29, 1.82) is 0 Å². The molecule has 0 radical (unpaired) electrons.